The second kappa shape index (κ2) is 12.6. The van der Waals surface area contributed by atoms with Gasteiger partial charge >= 0.3 is 0 Å². The van der Waals surface area contributed by atoms with E-state index in [0.29, 0.717) is 18.2 Å². The molecule has 182 valence electrons. The molecule has 5 atom stereocenters. The largest absolute Gasteiger partial charge is 0.385 e. The maximum atomic E-state index is 14.4. The minimum atomic E-state index is -1.01. The second-order valence-corrected chi connectivity index (χ2v) is 9.28. The maximum Gasteiger partial charge on any atom is 0.232 e. The van der Waals surface area contributed by atoms with E-state index in [-0.39, 0.29) is 18.5 Å². The van der Waals surface area contributed by atoms with Gasteiger partial charge in [0.1, 0.15) is 12.1 Å². The summed E-state index contributed by atoms with van der Waals surface area (Å²) < 4.78 is 14.4. The Morgan fingerprint density at radius 1 is 1.28 bits per heavy atom. The molecule has 2 saturated heterocycles. The van der Waals surface area contributed by atoms with Crippen molar-refractivity contribution in [3.63, 3.8) is 0 Å². The van der Waals surface area contributed by atoms with E-state index in [0.717, 1.165) is 51.1 Å². The van der Waals surface area contributed by atoms with Crippen molar-refractivity contribution in [3.05, 3.63) is 23.5 Å². The van der Waals surface area contributed by atoms with Gasteiger partial charge < -0.3 is 27.0 Å². The van der Waals surface area contributed by atoms with Crippen molar-refractivity contribution >= 4 is 5.91 Å². The number of rotatable bonds is 5. The fourth-order valence-corrected chi connectivity index (χ4v) is 5.16. The van der Waals surface area contributed by atoms with Crippen molar-refractivity contribution in [1.29, 1.82) is 0 Å². The molecule has 2 fully saturated rings. The number of nitrogens with one attached hydrogen (secondary N) is 4. The van der Waals surface area contributed by atoms with Crippen LogP contribution < -0.4 is 27.0 Å². The highest BCUT2D eigenvalue weighted by Crippen LogP contribution is 2.21. The molecule has 3 aliphatic heterocycles. The van der Waals surface area contributed by atoms with Crippen molar-refractivity contribution in [1.82, 2.24) is 26.2 Å². The van der Waals surface area contributed by atoms with Crippen molar-refractivity contribution < 1.29 is 9.18 Å². The number of carbonyl (C=O) groups excluding carboxylic acids is 1. The van der Waals surface area contributed by atoms with Gasteiger partial charge in [-0.15, -0.1) is 0 Å². The predicted octanol–water partition coefficient (Wildman–Crippen LogP) is 1.73. The first-order valence-electron chi connectivity index (χ1n) is 12.6. The van der Waals surface area contributed by atoms with Gasteiger partial charge in [0.2, 0.25) is 5.91 Å². The lowest BCUT2D eigenvalue weighted by Gasteiger charge is -2.43. The lowest BCUT2D eigenvalue weighted by molar-refractivity contribution is -0.126. The number of hydrogen-bond acceptors (Lipinski definition) is 6. The maximum absolute atomic E-state index is 14.4. The third-order valence-corrected chi connectivity index (χ3v) is 6.91. The average Bonchev–Trinajstić information content (AvgIpc) is 2.81. The zero-order valence-corrected chi connectivity index (χ0v) is 19.8. The fraction of sp³-hybridized carbons (Fsp3) is 0.792. The van der Waals surface area contributed by atoms with Crippen LogP contribution in [0.25, 0.3) is 0 Å². The molecule has 0 aliphatic carbocycles. The van der Waals surface area contributed by atoms with Crippen LogP contribution in [0.4, 0.5) is 4.39 Å². The highest BCUT2D eigenvalue weighted by atomic mass is 19.1. The Morgan fingerprint density at radius 3 is 2.78 bits per heavy atom. The van der Waals surface area contributed by atoms with Gasteiger partial charge in [-0.2, -0.15) is 0 Å². The Balaban J connectivity index is 1.79. The molecule has 0 saturated carbocycles. The van der Waals surface area contributed by atoms with E-state index >= 15 is 0 Å². The topological polar surface area (TPSA) is 94.5 Å². The molecule has 3 heterocycles. The monoisotopic (exact) mass is 450 g/mol. The molecule has 6 N–H and O–H groups in total. The summed E-state index contributed by atoms with van der Waals surface area (Å²) >= 11 is 0. The van der Waals surface area contributed by atoms with Crippen LogP contribution in [0, 0.1) is 5.92 Å². The molecule has 0 aromatic rings. The van der Waals surface area contributed by atoms with Gasteiger partial charge in [-0.25, -0.2) is 4.39 Å². The van der Waals surface area contributed by atoms with Crippen molar-refractivity contribution in [2.45, 2.75) is 83.2 Å². The van der Waals surface area contributed by atoms with E-state index in [2.05, 4.69) is 26.2 Å². The van der Waals surface area contributed by atoms with E-state index in [1.54, 1.807) is 0 Å². The van der Waals surface area contributed by atoms with Crippen LogP contribution >= 0.6 is 0 Å². The molecule has 0 radical (unpaired) electrons. The van der Waals surface area contributed by atoms with E-state index < -0.39 is 18.3 Å². The summed E-state index contributed by atoms with van der Waals surface area (Å²) in [5.41, 5.74) is 8.16. The highest BCUT2D eigenvalue weighted by Gasteiger charge is 2.36. The van der Waals surface area contributed by atoms with E-state index in [4.69, 9.17) is 5.73 Å². The van der Waals surface area contributed by atoms with E-state index in [1.807, 2.05) is 26.0 Å². The summed E-state index contributed by atoms with van der Waals surface area (Å²) in [5, 5.41) is 13.3. The number of halogens is 1. The number of alkyl halides is 1. The first-order valence-corrected chi connectivity index (χ1v) is 12.6. The lowest BCUT2D eigenvalue weighted by Crippen LogP contribution is -2.63. The molecule has 0 aromatic heterocycles. The predicted molar refractivity (Wildman–Crippen MR) is 127 cm³/mol. The Kier molecular flexibility index (Phi) is 9.81. The van der Waals surface area contributed by atoms with Crippen LogP contribution in [0.3, 0.4) is 0 Å². The Morgan fingerprint density at radius 2 is 2.06 bits per heavy atom. The summed E-state index contributed by atoms with van der Waals surface area (Å²) in [6.45, 7) is 8.15. The zero-order valence-electron chi connectivity index (χ0n) is 19.8. The van der Waals surface area contributed by atoms with Gasteiger partial charge in [0.25, 0.3) is 0 Å². The summed E-state index contributed by atoms with van der Waals surface area (Å²) in [4.78, 5) is 16.2. The van der Waals surface area contributed by atoms with Gasteiger partial charge in [0.15, 0.2) is 0 Å². The second-order valence-electron chi connectivity index (χ2n) is 9.28. The Bertz CT molecular complexity index is 663. The molecule has 0 bridgehead atoms. The Labute approximate surface area is 192 Å². The van der Waals surface area contributed by atoms with Gasteiger partial charge in [-0.3, -0.25) is 9.69 Å². The van der Waals surface area contributed by atoms with Crippen LogP contribution in [0.2, 0.25) is 0 Å². The fourth-order valence-electron chi connectivity index (χ4n) is 5.16. The molecule has 32 heavy (non-hydrogen) atoms. The molecule has 3 aliphatic rings. The van der Waals surface area contributed by atoms with E-state index in [1.165, 1.54) is 19.3 Å². The smallest absolute Gasteiger partial charge is 0.232 e. The Hall–Kier alpha value is -1.64. The number of amides is 1. The van der Waals surface area contributed by atoms with Crippen molar-refractivity contribution in [2.75, 3.05) is 32.7 Å². The van der Waals surface area contributed by atoms with Crippen LogP contribution in [-0.4, -0.2) is 68.0 Å². The van der Waals surface area contributed by atoms with Crippen LogP contribution in [-0.2, 0) is 4.79 Å². The van der Waals surface area contributed by atoms with Crippen LogP contribution in [0.5, 0.6) is 0 Å². The number of nitrogens with two attached hydrogens (primary N) is 1. The normalized spacial score (nSPS) is 35.8. The number of nitrogens with zero attached hydrogens (tertiary/aromatic N) is 1. The number of allylic oxidation sites excluding steroid dienone is 3. The summed E-state index contributed by atoms with van der Waals surface area (Å²) in [7, 11) is 0. The minimum absolute atomic E-state index is 0.0370. The van der Waals surface area contributed by atoms with Gasteiger partial charge in [0, 0.05) is 36.9 Å². The lowest BCUT2D eigenvalue weighted by atomic mass is 9.93. The molecule has 0 aromatic carbocycles. The minimum Gasteiger partial charge on any atom is -0.385 e. The molecule has 7 nitrogen and oxygen atoms in total. The molecule has 8 heteroatoms. The molecular weight excluding hydrogens is 407 g/mol. The molecule has 3 rings (SSSR count). The number of hydrogen-bond donors (Lipinski definition) is 5. The third-order valence-electron chi connectivity index (χ3n) is 6.91. The van der Waals surface area contributed by atoms with Crippen molar-refractivity contribution in [3.8, 4) is 0 Å². The number of likely N-dealkylation sites (tertiary alicyclic amines) is 1. The highest BCUT2D eigenvalue weighted by molar-refractivity contribution is 5.82. The summed E-state index contributed by atoms with van der Waals surface area (Å²) in [5.74, 6) is -0.710. The quantitative estimate of drug-likeness (QED) is 0.438. The number of carbonyl (C=O) groups is 1. The molecule has 1 amide bonds. The number of piperidine rings is 2. The molecular formula is C24H43FN6O. The zero-order chi connectivity index (χ0) is 22.9. The van der Waals surface area contributed by atoms with Gasteiger partial charge in [-0.05, 0) is 51.7 Å². The standard InChI is InChI=1S/C24H43FN6O/c1-3-8-19-22(23(26)29-18(4-2)10-9-17(25)15-28-19)24(32)30-20-16-27-12-11-21(20)31-13-6-5-7-14-31/h8,10,17,20-23,27-29H,3-7,9,11-16,26H2,1-2H3,(H,30,32)/b18-10-,19-8-. The van der Waals surface area contributed by atoms with Gasteiger partial charge in [0.05, 0.1) is 12.2 Å². The summed E-state index contributed by atoms with van der Waals surface area (Å²) in [6.07, 6.45) is 8.81. The average molecular weight is 451 g/mol. The third kappa shape index (κ3) is 6.68. The summed E-state index contributed by atoms with van der Waals surface area (Å²) in [6, 6.07) is 0.382. The van der Waals surface area contributed by atoms with Crippen LogP contribution in [0.15, 0.2) is 23.5 Å². The van der Waals surface area contributed by atoms with E-state index in [9.17, 15) is 9.18 Å². The molecule has 0 spiro atoms. The van der Waals surface area contributed by atoms with Crippen LogP contribution in [0.1, 0.15) is 58.8 Å². The SMILES string of the molecule is CC/C=C1\NCC(F)C/C=C(/CC)NC(N)C1C(=O)NC1CNCCC1N1CCCCC1. The first-order chi connectivity index (χ1) is 15.5. The van der Waals surface area contributed by atoms with Gasteiger partial charge in [-0.1, -0.05) is 32.4 Å². The van der Waals surface area contributed by atoms with Crippen molar-refractivity contribution in [2.24, 2.45) is 11.7 Å². The molecule has 5 unspecified atom stereocenters. The first kappa shape index (κ1) is 25.0.